The van der Waals surface area contributed by atoms with Crippen LogP contribution >= 0.6 is 0 Å². The molecule has 0 radical (unpaired) electrons. The van der Waals surface area contributed by atoms with Gasteiger partial charge in [0.25, 0.3) is 0 Å². The average molecular weight is 323 g/mol. The van der Waals surface area contributed by atoms with Gasteiger partial charge in [0.15, 0.2) is 5.96 Å². The Hall–Kier alpha value is -1.30. The molecular formula is C17H34N6. The van der Waals surface area contributed by atoms with Crippen LogP contribution in [0.1, 0.15) is 72.6 Å². The Balaban J connectivity index is 1.86. The molecule has 1 aliphatic heterocycles. The minimum Gasteiger partial charge on any atom is -0.370 e. The van der Waals surface area contributed by atoms with Gasteiger partial charge >= 0.3 is 0 Å². The lowest BCUT2D eigenvalue weighted by Crippen LogP contribution is -2.62. The van der Waals surface area contributed by atoms with Crippen molar-refractivity contribution in [2.75, 3.05) is 0 Å². The largest absolute Gasteiger partial charge is 0.370 e. The topological polar surface area (TPSA) is 98.3 Å². The Kier molecular flexibility index (Phi) is 5.55. The van der Waals surface area contributed by atoms with Crippen molar-refractivity contribution in [3.8, 4) is 0 Å². The van der Waals surface area contributed by atoms with Gasteiger partial charge in [-0.15, -0.1) is 0 Å². The Morgan fingerprint density at radius 3 is 2.13 bits per heavy atom. The molecule has 1 heterocycles. The quantitative estimate of drug-likeness (QED) is 0.397. The Morgan fingerprint density at radius 1 is 1.00 bits per heavy atom. The van der Waals surface area contributed by atoms with Gasteiger partial charge in [0.05, 0.1) is 0 Å². The van der Waals surface area contributed by atoms with E-state index < -0.39 is 0 Å². The van der Waals surface area contributed by atoms with Crippen LogP contribution in [-0.2, 0) is 0 Å². The SMILES string of the molecule is CC1(C)CC(NC(=N)/N=C(\N)NC2CCCCC2)CC(C)(C)N1. The monoisotopic (exact) mass is 322 g/mol. The Morgan fingerprint density at radius 2 is 1.57 bits per heavy atom. The minimum atomic E-state index is 0.0509. The summed E-state index contributed by atoms with van der Waals surface area (Å²) in [6.45, 7) is 8.81. The summed E-state index contributed by atoms with van der Waals surface area (Å²) in [5.41, 5.74) is 6.06. The van der Waals surface area contributed by atoms with Crippen LogP contribution < -0.4 is 21.7 Å². The molecule has 0 spiro atoms. The smallest absolute Gasteiger partial charge is 0.218 e. The number of nitrogens with zero attached hydrogens (tertiary/aromatic N) is 1. The average Bonchev–Trinajstić information content (AvgIpc) is 2.35. The lowest BCUT2D eigenvalue weighted by Gasteiger charge is -2.46. The van der Waals surface area contributed by atoms with Gasteiger partial charge in [-0.05, 0) is 53.4 Å². The van der Waals surface area contributed by atoms with E-state index >= 15 is 0 Å². The highest BCUT2D eigenvalue weighted by Gasteiger charge is 2.37. The normalized spacial score (nSPS) is 25.8. The molecule has 1 aliphatic carbocycles. The molecule has 6 nitrogen and oxygen atoms in total. The van der Waals surface area contributed by atoms with Gasteiger partial charge in [0.2, 0.25) is 5.96 Å². The van der Waals surface area contributed by atoms with Gasteiger partial charge in [0, 0.05) is 23.2 Å². The van der Waals surface area contributed by atoms with Crippen LogP contribution in [0.3, 0.4) is 0 Å². The van der Waals surface area contributed by atoms with Crippen LogP contribution in [0.4, 0.5) is 0 Å². The molecule has 1 saturated heterocycles. The van der Waals surface area contributed by atoms with Gasteiger partial charge in [-0.25, -0.2) is 0 Å². The highest BCUT2D eigenvalue weighted by atomic mass is 15.2. The van der Waals surface area contributed by atoms with E-state index in [-0.39, 0.29) is 23.1 Å². The number of aliphatic imine (C=N–C) groups is 1. The number of nitrogens with one attached hydrogen (secondary N) is 4. The van der Waals surface area contributed by atoms with Gasteiger partial charge in [-0.2, -0.15) is 4.99 Å². The second-order valence-electron chi connectivity index (χ2n) is 8.47. The molecular weight excluding hydrogens is 288 g/mol. The van der Waals surface area contributed by atoms with Crippen molar-refractivity contribution in [1.82, 2.24) is 16.0 Å². The number of hydrogen-bond donors (Lipinski definition) is 5. The van der Waals surface area contributed by atoms with Crippen molar-refractivity contribution in [3.05, 3.63) is 0 Å². The third kappa shape index (κ3) is 6.01. The molecule has 0 aromatic heterocycles. The molecule has 2 aliphatic rings. The summed E-state index contributed by atoms with van der Waals surface area (Å²) in [7, 11) is 0. The van der Waals surface area contributed by atoms with Crippen LogP contribution in [0.5, 0.6) is 0 Å². The predicted octanol–water partition coefficient (Wildman–Crippen LogP) is 2.06. The highest BCUT2D eigenvalue weighted by molar-refractivity contribution is 5.92. The molecule has 23 heavy (non-hydrogen) atoms. The third-order valence-electron chi connectivity index (χ3n) is 4.72. The maximum atomic E-state index is 8.09. The fourth-order valence-electron chi connectivity index (χ4n) is 4.26. The highest BCUT2D eigenvalue weighted by Crippen LogP contribution is 2.28. The lowest BCUT2D eigenvalue weighted by atomic mass is 9.80. The third-order valence-corrected chi connectivity index (χ3v) is 4.72. The molecule has 0 bridgehead atoms. The lowest BCUT2D eigenvalue weighted by molar-refractivity contribution is 0.155. The zero-order valence-electron chi connectivity index (χ0n) is 15.1. The number of guanidine groups is 2. The zero-order chi connectivity index (χ0) is 17.1. The van der Waals surface area contributed by atoms with Crippen LogP contribution in [0.2, 0.25) is 0 Å². The van der Waals surface area contributed by atoms with E-state index in [0.717, 1.165) is 25.7 Å². The molecule has 6 heteroatoms. The summed E-state index contributed by atoms with van der Waals surface area (Å²) in [5.74, 6) is 0.520. The van der Waals surface area contributed by atoms with Crippen molar-refractivity contribution < 1.29 is 0 Å². The van der Waals surface area contributed by atoms with Gasteiger partial charge in [-0.1, -0.05) is 19.3 Å². The van der Waals surface area contributed by atoms with E-state index in [2.05, 4.69) is 48.6 Å². The molecule has 0 atom stereocenters. The van der Waals surface area contributed by atoms with Crippen LogP contribution in [0, 0.1) is 5.41 Å². The van der Waals surface area contributed by atoms with E-state index in [1.807, 2.05) is 0 Å². The molecule has 2 rings (SSSR count). The first-order valence-corrected chi connectivity index (χ1v) is 8.90. The fourth-order valence-corrected chi connectivity index (χ4v) is 4.26. The molecule has 1 saturated carbocycles. The minimum absolute atomic E-state index is 0.0509. The summed E-state index contributed by atoms with van der Waals surface area (Å²) in [6, 6.07) is 0.650. The summed E-state index contributed by atoms with van der Waals surface area (Å²) in [5, 5.41) is 18.2. The number of hydrogen-bond acceptors (Lipinski definition) is 2. The van der Waals surface area contributed by atoms with Gasteiger partial charge in [-0.3, -0.25) is 5.41 Å². The van der Waals surface area contributed by atoms with Crippen molar-refractivity contribution in [2.24, 2.45) is 10.7 Å². The maximum Gasteiger partial charge on any atom is 0.218 e. The summed E-state index contributed by atoms with van der Waals surface area (Å²) >= 11 is 0. The van der Waals surface area contributed by atoms with E-state index in [9.17, 15) is 0 Å². The van der Waals surface area contributed by atoms with Crippen molar-refractivity contribution in [2.45, 2.75) is 95.8 Å². The van der Waals surface area contributed by atoms with Crippen molar-refractivity contribution in [1.29, 1.82) is 5.41 Å². The van der Waals surface area contributed by atoms with Gasteiger partial charge in [0.1, 0.15) is 0 Å². The molecule has 0 aromatic carbocycles. The second kappa shape index (κ2) is 7.07. The number of piperidine rings is 1. The molecule has 0 aromatic rings. The summed E-state index contributed by atoms with van der Waals surface area (Å²) in [6.07, 6.45) is 8.03. The Bertz CT molecular complexity index is 432. The number of rotatable bonds is 2. The summed E-state index contributed by atoms with van der Waals surface area (Å²) in [4.78, 5) is 4.20. The van der Waals surface area contributed by atoms with Crippen molar-refractivity contribution >= 4 is 11.9 Å². The van der Waals surface area contributed by atoms with E-state index in [0.29, 0.717) is 12.0 Å². The molecule has 132 valence electrons. The van der Waals surface area contributed by atoms with E-state index in [1.165, 1.54) is 19.3 Å². The van der Waals surface area contributed by atoms with Crippen molar-refractivity contribution in [3.63, 3.8) is 0 Å². The predicted molar refractivity (Wildman–Crippen MR) is 96.8 cm³/mol. The Labute approximate surface area is 140 Å². The van der Waals surface area contributed by atoms with Gasteiger partial charge < -0.3 is 21.7 Å². The molecule has 0 unspecified atom stereocenters. The maximum absolute atomic E-state index is 8.09. The van der Waals surface area contributed by atoms with E-state index in [1.54, 1.807) is 0 Å². The zero-order valence-corrected chi connectivity index (χ0v) is 15.1. The first-order valence-electron chi connectivity index (χ1n) is 8.90. The van der Waals surface area contributed by atoms with Crippen LogP contribution in [-0.4, -0.2) is 35.1 Å². The molecule has 2 fully saturated rings. The standard InChI is InChI=1S/C17H34N6/c1-16(2)10-13(11-17(3,4)23-16)21-15(19)22-14(18)20-12-8-6-5-7-9-12/h12-13,23H,5-11H2,1-4H3,(H5,18,19,20,21,22). The summed E-state index contributed by atoms with van der Waals surface area (Å²) < 4.78 is 0. The fraction of sp³-hybridized carbons (Fsp3) is 0.882. The molecule has 0 amide bonds. The number of nitrogens with two attached hydrogens (primary N) is 1. The first-order chi connectivity index (χ1) is 10.7. The van der Waals surface area contributed by atoms with Crippen LogP contribution in [0.25, 0.3) is 0 Å². The molecule has 6 N–H and O–H groups in total. The first kappa shape index (κ1) is 18.0. The van der Waals surface area contributed by atoms with E-state index in [4.69, 9.17) is 11.1 Å². The van der Waals surface area contributed by atoms with Crippen LogP contribution in [0.15, 0.2) is 4.99 Å². The second-order valence-corrected chi connectivity index (χ2v) is 8.47.